The quantitative estimate of drug-likeness (QED) is 0.723. The molecule has 2 heterocycles. The van der Waals surface area contributed by atoms with Crippen molar-refractivity contribution in [3.05, 3.63) is 0 Å². The summed E-state index contributed by atoms with van der Waals surface area (Å²) in [7, 11) is 3.65. The number of hydrogen-bond donors (Lipinski definition) is 0. The smallest absolute Gasteiger partial charge is 0.319 e. The molecule has 2 saturated heterocycles. The van der Waals surface area contributed by atoms with E-state index in [0.29, 0.717) is 5.92 Å². The fourth-order valence-electron chi connectivity index (χ4n) is 4.76. The van der Waals surface area contributed by atoms with Gasteiger partial charge in [-0.3, -0.25) is 0 Å². The van der Waals surface area contributed by atoms with Crippen LogP contribution in [-0.2, 0) is 9.47 Å². The number of rotatable bonds is 5. The molecule has 24 heavy (non-hydrogen) atoms. The van der Waals surface area contributed by atoms with Crippen LogP contribution in [0.15, 0.2) is 0 Å². The predicted octanol–water partition coefficient (Wildman–Crippen LogP) is 3.14. The van der Waals surface area contributed by atoms with Gasteiger partial charge in [-0.05, 0) is 50.4 Å². The number of nitrogens with zero attached hydrogens (tertiary/aromatic N) is 2. The van der Waals surface area contributed by atoms with Crippen molar-refractivity contribution < 1.29 is 14.3 Å². The summed E-state index contributed by atoms with van der Waals surface area (Å²) in [5.74, 6) is 1.40. The van der Waals surface area contributed by atoms with Gasteiger partial charge in [-0.2, -0.15) is 0 Å². The Morgan fingerprint density at radius 2 is 1.92 bits per heavy atom. The zero-order valence-corrected chi connectivity index (χ0v) is 15.5. The van der Waals surface area contributed by atoms with Crippen molar-refractivity contribution >= 4 is 6.03 Å². The topological polar surface area (TPSA) is 42.0 Å². The van der Waals surface area contributed by atoms with Gasteiger partial charge in [0.15, 0.2) is 0 Å². The second-order valence-corrected chi connectivity index (χ2v) is 8.08. The highest BCUT2D eigenvalue weighted by molar-refractivity contribution is 5.73. The molecule has 0 radical (unpaired) electrons. The Morgan fingerprint density at radius 1 is 1.21 bits per heavy atom. The molecule has 0 aromatic heterocycles. The van der Waals surface area contributed by atoms with E-state index < -0.39 is 0 Å². The minimum Gasteiger partial charge on any atom is -0.381 e. The van der Waals surface area contributed by atoms with Gasteiger partial charge in [-0.25, -0.2) is 4.79 Å². The normalized spacial score (nSPS) is 27.1. The Morgan fingerprint density at radius 3 is 2.58 bits per heavy atom. The SMILES string of the molecule is CN(C)C(=O)N1CCC2(CC1)OCC[C@@H]2CCOCC1CCCC1. The number of carbonyl (C=O) groups excluding carboxylic acids is 1. The van der Waals surface area contributed by atoms with E-state index in [2.05, 4.69) is 0 Å². The third-order valence-corrected chi connectivity index (χ3v) is 6.30. The number of urea groups is 1. The van der Waals surface area contributed by atoms with E-state index in [9.17, 15) is 4.79 Å². The van der Waals surface area contributed by atoms with E-state index in [0.717, 1.165) is 64.5 Å². The number of ether oxygens (including phenoxy) is 2. The van der Waals surface area contributed by atoms with Crippen molar-refractivity contribution in [1.82, 2.24) is 9.80 Å². The summed E-state index contributed by atoms with van der Waals surface area (Å²) in [5, 5.41) is 0. The summed E-state index contributed by atoms with van der Waals surface area (Å²) in [5.41, 5.74) is -0.000187. The first-order valence-corrected chi connectivity index (χ1v) is 9.79. The number of carbonyl (C=O) groups is 1. The Kier molecular flexibility index (Phi) is 6.03. The van der Waals surface area contributed by atoms with E-state index in [1.54, 1.807) is 4.90 Å². The summed E-state index contributed by atoms with van der Waals surface area (Å²) in [6.07, 6.45) is 9.67. The van der Waals surface area contributed by atoms with Gasteiger partial charge >= 0.3 is 6.03 Å². The summed E-state index contributed by atoms with van der Waals surface area (Å²) < 4.78 is 12.2. The van der Waals surface area contributed by atoms with Gasteiger partial charge in [-0.15, -0.1) is 0 Å². The molecule has 0 aromatic carbocycles. The molecule has 5 nitrogen and oxygen atoms in total. The van der Waals surface area contributed by atoms with Gasteiger partial charge in [0.25, 0.3) is 0 Å². The number of piperidine rings is 1. The van der Waals surface area contributed by atoms with Crippen LogP contribution in [-0.4, -0.2) is 68.4 Å². The third kappa shape index (κ3) is 4.05. The highest BCUT2D eigenvalue weighted by atomic mass is 16.5. The maximum absolute atomic E-state index is 12.1. The average Bonchev–Trinajstić information content (AvgIpc) is 3.22. The van der Waals surface area contributed by atoms with E-state index in [-0.39, 0.29) is 11.6 Å². The van der Waals surface area contributed by atoms with Gasteiger partial charge in [-0.1, -0.05) is 12.8 Å². The maximum atomic E-state index is 12.1. The lowest BCUT2D eigenvalue weighted by Crippen LogP contribution is -2.51. The molecule has 1 saturated carbocycles. The van der Waals surface area contributed by atoms with Gasteiger partial charge < -0.3 is 19.3 Å². The van der Waals surface area contributed by atoms with Crippen LogP contribution in [0.2, 0.25) is 0 Å². The molecule has 3 rings (SSSR count). The molecule has 138 valence electrons. The lowest BCUT2D eigenvalue weighted by molar-refractivity contribution is -0.0671. The van der Waals surface area contributed by atoms with Crippen molar-refractivity contribution in [2.45, 2.75) is 57.0 Å². The first kappa shape index (κ1) is 18.0. The summed E-state index contributed by atoms with van der Waals surface area (Å²) >= 11 is 0. The van der Waals surface area contributed by atoms with Crippen LogP contribution in [0.25, 0.3) is 0 Å². The third-order valence-electron chi connectivity index (χ3n) is 6.30. The molecule has 2 amide bonds. The van der Waals surface area contributed by atoms with Gasteiger partial charge in [0.2, 0.25) is 0 Å². The largest absolute Gasteiger partial charge is 0.381 e. The predicted molar refractivity (Wildman–Crippen MR) is 94.1 cm³/mol. The van der Waals surface area contributed by atoms with Crippen LogP contribution in [0.4, 0.5) is 4.79 Å². The number of amides is 2. The van der Waals surface area contributed by atoms with Crippen molar-refractivity contribution in [1.29, 1.82) is 0 Å². The van der Waals surface area contributed by atoms with Crippen LogP contribution >= 0.6 is 0 Å². The van der Waals surface area contributed by atoms with Crippen LogP contribution in [0.1, 0.15) is 51.4 Å². The Labute approximate surface area is 146 Å². The second kappa shape index (κ2) is 8.05. The fourth-order valence-corrected chi connectivity index (χ4v) is 4.76. The van der Waals surface area contributed by atoms with E-state index in [4.69, 9.17) is 9.47 Å². The molecule has 2 aliphatic heterocycles. The van der Waals surface area contributed by atoms with Gasteiger partial charge in [0.1, 0.15) is 0 Å². The number of hydrogen-bond acceptors (Lipinski definition) is 3. The summed E-state index contributed by atoms with van der Waals surface area (Å²) in [6.45, 7) is 4.32. The minimum atomic E-state index is -0.000187. The van der Waals surface area contributed by atoms with Gasteiger partial charge in [0, 0.05) is 47.0 Å². The highest BCUT2D eigenvalue weighted by Gasteiger charge is 2.46. The second-order valence-electron chi connectivity index (χ2n) is 8.08. The van der Waals surface area contributed by atoms with Crippen molar-refractivity contribution in [2.75, 3.05) is 47.0 Å². The minimum absolute atomic E-state index is 0.000187. The molecule has 1 spiro atoms. The zero-order valence-electron chi connectivity index (χ0n) is 15.5. The Hall–Kier alpha value is -0.810. The monoisotopic (exact) mass is 338 g/mol. The van der Waals surface area contributed by atoms with Crippen LogP contribution < -0.4 is 0 Å². The molecular weight excluding hydrogens is 304 g/mol. The lowest BCUT2D eigenvalue weighted by Gasteiger charge is -2.42. The van der Waals surface area contributed by atoms with E-state index >= 15 is 0 Å². The molecule has 1 aliphatic carbocycles. The van der Waals surface area contributed by atoms with Crippen LogP contribution in [0.5, 0.6) is 0 Å². The summed E-state index contributed by atoms with van der Waals surface area (Å²) in [6, 6.07) is 0.124. The van der Waals surface area contributed by atoms with E-state index in [1.165, 1.54) is 25.7 Å². The molecular formula is C19H34N2O3. The molecule has 0 aromatic rings. The van der Waals surface area contributed by atoms with Gasteiger partial charge in [0.05, 0.1) is 5.60 Å². The molecule has 0 N–H and O–H groups in total. The molecule has 5 heteroatoms. The van der Waals surface area contributed by atoms with Crippen molar-refractivity contribution in [3.8, 4) is 0 Å². The Balaban J connectivity index is 1.42. The lowest BCUT2D eigenvalue weighted by atomic mass is 9.78. The molecule has 0 bridgehead atoms. The molecule has 3 fully saturated rings. The summed E-state index contributed by atoms with van der Waals surface area (Å²) in [4.78, 5) is 15.7. The van der Waals surface area contributed by atoms with Crippen molar-refractivity contribution in [3.63, 3.8) is 0 Å². The van der Waals surface area contributed by atoms with Crippen LogP contribution in [0.3, 0.4) is 0 Å². The van der Waals surface area contributed by atoms with Crippen LogP contribution in [0, 0.1) is 11.8 Å². The standard InChI is InChI=1S/C19H34N2O3/c1-20(2)18(22)21-11-9-19(10-12-21)17(8-14-24-19)7-13-23-15-16-5-3-4-6-16/h16-17H,3-15H2,1-2H3/t17-/m0/s1. The number of likely N-dealkylation sites (tertiary alicyclic amines) is 1. The molecule has 3 aliphatic rings. The maximum Gasteiger partial charge on any atom is 0.319 e. The first-order chi connectivity index (χ1) is 11.6. The van der Waals surface area contributed by atoms with E-state index in [1.807, 2.05) is 19.0 Å². The zero-order chi connectivity index (χ0) is 17.0. The average molecular weight is 338 g/mol. The molecule has 0 unspecified atom stereocenters. The fraction of sp³-hybridized carbons (Fsp3) is 0.947. The highest BCUT2D eigenvalue weighted by Crippen LogP contribution is 2.42. The Bertz CT molecular complexity index is 413. The van der Waals surface area contributed by atoms with Crippen molar-refractivity contribution in [2.24, 2.45) is 11.8 Å². The molecule has 1 atom stereocenters. The first-order valence-electron chi connectivity index (χ1n) is 9.79.